The van der Waals surface area contributed by atoms with Gasteiger partial charge in [-0.2, -0.15) is 0 Å². The van der Waals surface area contributed by atoms with Crippen molar-refractivity contribution < 1.29 is 4.39 Å². The number of nitrogens with one attached hydrogen (secondary N) is 1. The van der Waals surface area contributed by atoms with Crippen LogP contribution in [0.5, 0.6) is 0 Å². The van der Waals surface area contributed by atoms with Crippen molar-refractivity contribution >= 4 is 22.3 Å². The van der Waals surface area contributed by atoms with Crippen molar-refractivity contribution in [1.82, 2.24) is 4.98 Å². The molecule has 2 aromatic carbocycles. The zero-order valence-corrected chi connectivity index (χ0v) is 11.2. The molecule has 1 heterocycles. The van der Waals surface area contributed by atoms with Gasteiger partial charge in [0.1, 0.15) is 5.82 Å². The molecule has 0 atom stereocenters. The Morgan fingerprint density at radius 2 is 2.00 bits per heavy atom. The fourth-order valence-corrected chi connectivity index (χ4v) is 2.48. The summed E-state index contributed by atoms with van der Waals surface area (Å²) >= 11 is 0. The summed E-state index contributed by atoms with van der Waals surface area (Å²) in [5.41, 5.74) is 9.46. The molecule has 102 valence electrons. The summed E-state index contributed by atoms with van der Waals surface area (Å²) < 4.78 is 13.1. The average molecular weight is 269 g/mol. The summed E-state index contributed by atoms with van der Waals surface area (Å²) in [7, 11) is 1.95. The van der Waals surface area contributed by atoms with Crippen molar-refractivity contribution in [1.29, 1.82) is 0 Å². The van der Waals surface area contributed by atoms with Crippen LogP contribution in [0.2, 0.25) is 0 Å². The number of para-hydroxylation sites is 1. The quantitative estimate of drug-likeness (QED) is 0.714. The SMILES string of the molecule is CN(Cc1c[nH]c2ccccc12)c1ccc(F)cc1N. The Morgan fingerprint density at radius 3 is 2.80 bits per heavy atom. The Labute approximate surface area is 116 Å². The van der Waals surface area contributed by atoms with Crippen LogP contribution < -0.4 is 10.6 Å². The third kappa shape index (κ3) is 2.20. The standard InChI is InChI=1S/C16H16FN3/c1-20(16-7-6-12(17)8-14(16)18)10-11-9-19-15-5-3-2-4-13(11)15/h2-9,19H,10,18H2,1H3. The van der Waals surface area contributed by atoms with Crippen LogP contribution >= 0.6 is 0 Å². The number of nitrogens with zero attached hydrogens (tertiary/aromatic N) is 1. The lowest BCUT2D eigenvalue weighted by Crippen LogP contribution is -2.17. The fraction of sp³-hybridized carbons (Fsp3) is 0.125. The molecule has 0 bridgehead atoms. The molecule has 1 aromatic heterocycles. The maximum Gasteiger partial charge on any atom is 0.125 e. The molecular weight excluding hydrogens is 253 g/mol. The van der Waals surface area contributed by atoms with E-state index >= 15 is 0 Å². The molecule has 0 aliphatic carbocycles. The first-order valence-electron chi connectivity index (χ1n) is 6.46. The number of halogens is 1. The third-order valence-corrected chi connectivity index (χ3v) is 3.48. The lowest BCUT2D eigenvalue weighted by Gasteiger charge is -2.20. The molecule has 0 saturated carbocycles. The number of aromatic amines is 1. The molecule has 3 aromatic rings. The van der Waals surface area contributed by atoms with Crippen LogP contribution in [0.25, 0.3) is 10.9 Å². The predicted molar refractivity (Wildman–Crippen MR) is 81.2 cm³/mol. The number of benzene rings is 2. The van der Waals surface area contributed by atoms with Gasteiger partial charge in [0.25, 0.3) is 0 Å². The molecule has 3 N–H and O–H groups in total. The van der Waals surface area contributed by atoms with Crippen molar-refractivity contribution in [2.75, 3.05) is 17.7 Å². The van der Waals surface area contributed by atoms with Gasteiger partial charge < -0.3 is 15.6 Å². The molecule has 0 unspecified atom stereocenters. The van der Waals surface area contributed by atoms with Crippen LogP contribution in [0.3, 0.4) is 0 Å². The number of H-pyrrole nitrogens is 1. The van der Waals surface area contributed by atoms with E-state index in [1.54, 1.807) is 6.07 Å². The smallest absolute Gasteiger partial charge is 0.125 e. The maximum atomic E-state index is 13.1. The largest absolute Gasteiger partial charge is 0.397 e. The van der Waals surface area contributed by atoms with E-state index in [2.05, 4.69) is 11.1 Å². The third-order valence-electron chi connectivity index (χ3n) is 3.48. The Hall–Kier alpha value is -2.49. The van der Waals surface area contributed by atoms with Crippen LogP contribution in [0, 0.1) is 5.82 Å². The second-order valence-electron chi connectivity index (χ2n) is 4.92. The number of rotatable bonds is 3. The average Bonchev–Trinajstić information content (AvgIpc) is 2.82. The van der Waals surface area contributed by atoms with Gasteiger partial charge in [0.05, 0.1) is 11.4 Å². The van der Waals surface area contributed by atoms with Gasteiger partial charge in [-0.1, -0.05) is 18.2 Å². The van der Waals surface area contributed by atoms with Gasteiger partial charge in [0.2, 0.25) is 0 Å². The van der Waals surface area contributed by atoms with Crippen molar-refractivity contribution in [3.63, 3.8) is 0 Å². The highest BCUT2D eigenvalue weighted by Gasteiger charge is 2.09. The predicted octanol–water partition coefficient (Wildman–Crippen LogP) is 3.53. The van der Waals surface area contributed by atoms with Crippen LogP contribution in [-0.4, -0.2) is 12.0 Å². The Balaban J connectivity index is 1.90. The van der Waals surface area contributed by atoms with Gasteiger partial charge in [-0.05, 0) is 29.8 Å². The molecular formula is C16H16FN3. The minimum Gasteiger partial charge on any atom is -0.397 e. The zero-order chi connectivity index (χ0) is 14.1. The number of hydrogen-bond donors (Lipinski definition) is 2. The van der Waals surface area contributed by atoms with Gasteiger partial charge in [-0.3, -0.25) is 0 Å². The van der Waals surface area contributed by atoms with Crippen molar-refractivity contribution in [3.8, 4) is 0 Å². The van der Waals surface area contributed by atoms with Crippen molar-refractivity contribution in [3.05, 3.63) is 60.0 Å². The molecule has 3 rings (SSSR count). The van der Waals surface area contributed by atoms with Crippen LogP contribution in [-0.2, 0) is 6.54 Å². The molecule has 0 spiro atoms. The van der Waals surface area contributed by atoms with Crippen molar-refractivity contribution in [2.24, 2.45) is 0 Å². The number of aromatic nitrogens is 1. The Kier molecular flexibility index (Phi) is 3.06. The van der Waals surface area contributed by atoms with Gasteiger partial charge in [0, 0.05) is 30.7 Å². The molecule has 0 aliphatic rings. The highest BCUT2D eigenvalue weighted by molar-refractivity contribution is 5.83. The first-order valence-corrected chi connectivity index (χ1v) is 6.46. The first kappa shape index (κ1) is 12.5. The van der Waals surface area contributed by atoms with Crippen LogP contribution in [0.1, 0.15) is 5.56 Å². The molecule has 0 fully saturated rings. The number of anilines is 2. The normalized spacial score (nSPS) is 10.9. The van der Waals surface area contributed by atoms with E-state index in [1.807, 2.05) is 36.3 Å². The topological polar surface area (TPSA) is 45.0 Å². The summed E-state index contributed by atoms with van der Waals surface area (Å²) in [6.07, 6.45) is 2.00. The summed E-state index contributed by atoms with van der Waals surface area (Å²) in [5, 5.41) is 1.19. The molecule has 3 nitrogen and oxygen atoms in total. The number of hydrogen-bond acceptors (Lipinski definition) is 2. The Morgan fingerprint density at radius 1 is 1.20 bits per heavy atom. The Bertz CT molecular complexity index is 748. The highest BCUT2D eigenvalue weighted by Crippen LogP contribution is 2.26. The van der Waals surface area contributed by atoms with E-state index in [0.717, 1.165) is 11.2 Å². The van der Waals surface area contributed by atoms with Crippen LogP contribution in [0.4, 0.5) is 15.8 Å². The lowest BCUT2D eigenvalue weighted by atomic mass is 10.1. The highest BCUT2D eigenvalue weighted by atomic mass is 19.1. The molecule has 0 saturated heterocycles. The molecule has 0 aliphatic heterocycles. The maximum absolute atomic E-state index is 13.1. The fourth-order valence-electron chi connectivity index (χ4n) is 2.48. The summed E-state index contributed by atoms with van der Waals surface area (Å²) in [4.78, 5) is 5.27. The molecule has 20 heavy (non-hydrogen) atoms. The number of nitrogen functional groups attached to an aromatic ring is 1. The molecule has 4 heteroatoms. The van der Waals surface area contributed by atoms with Crippen molar-refractivity contribution in [2.45, 2.75) is 6.54 Å². The van der Waals surface area contributed by atoms with Gasteiger partial charge >= 0.3 is 0 Å². The first-order chi connectivity index (χ1) is 9.65. The van der Waals surface area contributed by atoms with Gasteiger partial charge in [0.15, 0.2) is 0 Å². The molecule has 0 radical (unpaired) electrons. The van der Waals surface area contributed by atoms with Gasteiger partial charge in [-0.15, -0.1) is 0 Å². The minimum absolute atomic E-state index is 0.313. The lowest BCUT2D eigenvalue weighted by molar-refractivity contribution is 0.628. The summed E-state index contributed by atoms with van der Waals surface area (Å²) in [6, 6.07) is 12.6. The van der Waals surface area contributed by atoms with E-state index in [1.165, 1.54) is 23.1 Å². The zero-order valence-electron chi connectivity index (χ0n) is 11.2. The van der Waals surface area contributed by atoms with E-state index in [-0.39, 0.29) is 5.82 Å². The van der Waals surface area contributed by atoms with E-state index in [0.29, 0.717) is 12.2 Å². The molecule has 0 amide bonds. The second-order valence-corrected chi connectivity index (χ2v) is 4.92. The number of nitrogens with two attached hydrogens (primary N) is 1. The minimum atomic E-state index is -0.313. The van der Waals surface area contributed by atoms with Gasteiger partial charge in [-0.25, -0.2) is 4.39 Å². The monoisotopic (exact) mass is 269 g/mol. The van der Waals surface area contributed by atoms with E-state index in [4.69, 9.17) is 5.73 Å². The van der Waals surface area contributed by atoms with E-state index in [9.17, 15) is 4.39 Å². The number of fused-ring (bicyclic) bond motifs is 1. The summed E-state index contributed by atoms with van der Waals surface area (Å²) in [5.74, 6) is -0.313. The summed E-state index contributed by atoms with van der Waals surface area (Å²) in [6.45, 7) is 0.708. The van der Waals surface area contributed by atoms with E-state index < -0.39 is 0 Å². The second kappa shape index (κ2) is 4.89. The van der Waals surface area contributed by atoms with Crippen LogP contribution in [0.15, 0.2) is 48.7 Å².